The fourth-order valence-electron chi connectivity index (χ4n) is 2.63. The predicted molar refractivity (Wildman–Crippen MR) is 105 cm³/mol. The lowest BCUT2D eigenvalue weighted by atomic mass is 10.1. The second-order valence-electron chi connectivity index (χ2n) is 6.00. The molecule has 1 heterocycles. The van der Waals surface area contributed by atoms with E-state index in [9.17, 15) is 9.90 Å². The van der Waals surface area contributed by atoms with Crippen LogP contribution >= 0.6 is 15.9 Å². The van der Waals surface area contributed by atoms with Gasteiger partial charge in [-0.2, -0.15) is 0 Å². The van der Waals surface area contributed by atoms with Crippen molar-refractivity contribution >= 4 is 27.5 Å². The lowest BCUT2D eigenvalue weighted by Crippen LogP contribution is -2.13. The number of benzene rings is 2. The molecule has 0 saturated heterocycles. The van der Waals surface area contributed by atoms with Gasteiger partial charge in [-0.05, 0) is 36.8 Å². The number of aryl methyl sites for hydroxylation is 1. The first-order valence-corrected chi connectivity index (χ1v) is 9.06. The minimum atomic E-state index is -0.840. The Hall–Kier alpha value is -2.71. The predicted octanol–water partition coefficient (Wildman–Crippen LogP) is 3.34. The second-order valence-corrected chi connectivity index (χ2v) is 6.86. The number of rotatable bonds is 6. The fourth-order valence-corrected chi connectivity index (χ4v) is 2.87. The summed E-state index contributed by atoms with van der Waals surface area (Å²) < 4.78 is 7.66. The Kier molecular flexibility index (Phi) is 5.88. The molecule has 1 aromatic heterocycles. The molecule has 0 fully saturated rings. The van der Waals surface area contributed by atoms with Crippen molar-refractivity contribution < 1.29 is 14.6 Å². The van der Waals surface area contributed by atoms with Gasteiger partial charge in [0.2, 0.25) is 0 Å². The number of carbonyl (C=O) groups is 1. The summed E-state index contributed by atoms with van der Waals surface area (Å²) in [6, 6.07) is 12.7. The molecule has 140 valence electrons. The molecule has 3 rings (SSSR count). The van der Waals surface area contributed by atoms with Crippen molar-refractivity contribution in [2.24, 2.45) is 0 Å². The molecule has 2 N–H and O–H groups in total. The Morgan fingerprint density at radius 1 is 1.33 bits per heavy atom. The molecular formula is C19H19BrN4O3. The summed E-state index contributed by atoms with van der Waals surface area (Å²) in [7, 11) is 1.55. The van der Waals surface area contributed by atoms with Crippen molar-refractivity contribution in [3.63, 3.8) is 0 Å². The highest BCUT2D eigenvalue weighted by molar-refractivity contribution is 9.10. The number of aliphatic hydroxyl groups excluding tert-OH is 1. The molecule has 2 aromatic carbocycles. The van der Waals surface area contributed by atoms with Gasteiger partial charge in [0.25, 0.3) is 5.91 Å². The number of halogens is 1. The fraction of sp³-hybridized carbons (Fsp3) is 0.211. The van der Waals surface area contributed by atoms with E-state index in [1.54, 1.807) is 25.3 Å². The van der Waals surface area contributed by atoms with Crippen LogP contribution in [0.15, 0.2) is 53.1 Å². The highest BCUT2D eigenvalue weighted by Gasteiger charge is 2.16. The first-order chi connectivity index (χ1) is 13.0. The van der Waals surface area contributed by atoms with Gasteiger partial charge in [0, 0.05) is 15.7 Å². The average Bonchev–Trinajstić information content (AvgIpc) is 3.13. The third-order valence-electron chi connectivity index (χ3n) is 4.05. The number of aromatic nitrogens is 3. The smallest absolute Gasteiger partial charge is 0.277 e. The van der Waals surface area contributed by atoms with Crippen LogP contribution in [0.5, 0.6) is 5.75 Å². The van der Waals surface area contributed by atoms with Crippen LogP contribution in [0.25, 0.3) is 0 Å². The van der Waals surface area contributed by atoms with E-state index in [2.05, 4.69) is 31.6 Å². The van der Waals surface area contributed by atoms with Crippen LogP contribution in [0.2, 0.25) is 0 Å². The standard InChI is InChI=1S/C19H19BrN4O3/c1-12-9-13(7-8-15(12)20)21-19(26)16-10-24(23-22-16)11-17(25)14-5-3-4-6-18(14)27-2/h3-10,17,25H,11H2,1-2H3,(H,21,26)/t17-/m1/s1. The van der Waals surface area contributed by atoms with Crippen molar-refractivity contribution in [3.05, 3.63) is 70.0 Å². The van der Waals surface area contributed by atoms with Crippen LogP contribution in [-0.2, 0) is 6.54 Å². The second kappa shape index (κ2) is 8.32. The monoisotopic (exact) mass is 430 g/mol. The summed E-state index contributed by atoms with van der Waals surface area (Å²) in [6.07, 6.45) is 0.660. The summed E-state index contributed by atoms with van der Waals surface area (Å²) in [6.45, 7) is 2.09. The molecule has 8 heteroatoms. The molecule has 27 heavy (non-hydrogen) atoms. The SMILES string of the molecule is COc1ccccc1[C@H](O)Cn1cc(C(=O)Nc2ccc(Br)c(C)c2)nn1. The zero-order valence-electron chi connectivity index (χ0n) is 14.9. The van der Waals surface area contributed by atoms with Crippen LogP contribution < -0.4 is 10.1 Å². The lowest BCUT2D eigenvalue weighted by molar-refractivity contribution is 0.102. The summed E-state index contributed by atoms with van der Waals surface area (Å²) in [5.41, 5.74) is 2.50. The molecule has 0 spiro atoms. The molecule has 1 atom stereocenters. The van der Waals surface area contributed by atoms with Crippen LogP contribution in [0, 0.1) is 6.92 Å². The normalized spacial score (nSPS) is 11.9. The maximum absolute atomic E-state index is 12.4. The zero-order chi connectivity index (χ0) is 19.4. The largest absolute Gasteiger partial charge is 0.496 e. The first kappa shape index (κ1) is 19.1. The number of anilines is 1. The Morgan fingerprint density at radius 3 is 2.85 bits per heavy atom. The molecule has 3 aromatic rings. The number of para-hydroxylation sites is 1. The van der Waals surface area contributed by atoms with Gasteiger partial charge in [0.15, 0.2) is 5.69 Å². The van der Waals surface area contributed by atoms with Gasteiger partial charge in [-0.3, -0.25) is 4.79 Å². The van der Waals surface area contributed by atoms with E-state index in [0.717, 1.165) is 10.0 Å². The topological polar surface area (TPSA) is 89.3 Å². The van der Waals surface area contributed by atoms with E-state index >= 15 is 0 Å². The molecule has 0 bridgehead atoms. The van der Waals surface area contributed by atoms with Crippen molar-refractivity contribution in [2.75, 3.05) is 12.4 Å². The average molecular weight is 431 g/mol. The number of nitrogens with one attached hydrogen (secondary N) is 1. The summed E-state index contributed by atoms with van der Waals surface area (Å²) in [5.74, 6) is 0.225. The van der Waals surface area contributed by atoms with Crippen LogP contribution in [-0.4, -0.2) is 33.1 Å². The van der Waals surface area contributed by atoms with Gasteiger partial charge in [-0.15, -0.1) is 5.10 Å². The van der Waals surface area contributed by atoms with E-state index < -0.39 is 6.10 Å². The van der Waals surface area contributed by atoms with Gasteiger partial charge in [-0.25, -0.2) is 4.68 Å². The number of methoxy groups -OCH3 is 1. The van der Waals surface area contributed by atoms with E-state index in [0.29, 0.717) is 17.0 Å². The summed E-state index contributed by atoms with van der Waals surface area (Å²) in [4.78, 5) is 12.4. The van der Waals surface area contributed by atoms with E-state index in [4.69, 9.17) is 4.74 Å². The van der Waals surface area contributed by atoms with Crippen molar-refractivity contribution in [1.29, 1.82) is 0 Å². The molecule has 0 saturated carbocycles. The first-order valence-electron chi connectivity index (χ1n) is 8.26. The number of ether oxygens (including phenoxy) is 1. The molecule has 0 aliphatic rings. The number of amides is 1. The van der Waals surface area contributed by atoms with Crippen LogP contribution in [0.4, 0.5) is 5.69 Å². The van der Waals surface area contributed by atoms with Gasteiger partial charge in [0.1, 0.15) is 11.9 Å². The Morgan fingerprint density at radius 2 is 2.11 bits per heavy atom. The minimum absolute atomic E-state index is 0.151. The van der Waals surface area contributed by atoms with Crippen molar-refractivity contribution in [1.82, 2.24) is 15.0 Å². The van der Waals surface area contributed by atoms with Crippen LogP contribution in [0.1, 0.15) is 27.7 Å². The molecular weight excluding hydrogens is 412 g/mol. The lowest BCUT2D eigenvalue weighted by Gasteiger charge is -2.14. The summed E-state index contributed by atoms with van der Waals surface area (Å²) >= 11 is 3.43. The Bertz CT molecular complexity index is 958. The molecule has 0 aliphatic carbocycles. The number of aliphatic hydroxyl groups is 1. The van der Waals surface area contributed by atoms with Gasteiger partial charge < -0.3 is 15.2 Å². The maximum Gasteiger partial charge on any atom is 0.277 e. The molecule has 0 aliphatic heterocycles. The highest BCUT2D eigenvalue weighted by atomic mass is 79.9. The molecule has 0 radical (unpaired) electrons. The highest BCUT2D eigenvalue weighted by Crippen LogP contribution is 2.25. The quantitative estimate of drug-likeness (QED) is 0.625. The summed E-state index contributed by atoms with van der Waals surface area (Å²) in [5, 5.41) is 21.1. The third kappa shape index (κ3) is 4.53. The van der Waals surface area contributed by atoms with Gasteiger partial charge in [-0.1, -0.05) is 39.3 Å². The number of nitrogens with zero attached hydrogens (tertiary/aromatic N) is 3. The number of hydrogen-bond acceptors (Lipinski definition) is 5. The molecule has 7 nitrogen and oxygen atoms in total. The van der Waals surface area contributed by atoms with Gasteiger partial charge in [0.05, 0.1) is 19.9 Å². The van der Waals surface area contributed by atoms with Crippen LogP contribution in [0.3, 0.4) is 0 Å². The van der Waals surface area contributed by atoms with Crippen molar-refractivity contribution in [2.45, 2.75) is 19.6 Å². The molecule has 1 amide bonds. The number of carbonyl (C=O) groups excluding carboxylic acids is 1. The van der Waals surface area contributed by atoms with Gasteiger partial charge >= 0.3 is 0 Å². The third-order valence-corrected chi connectivity index (χ3v) is 4.93. The Labute approximate surface area is 165 Å². The Balaban J connectivity index is 1.68. The van der Waals surface area contributed by atoms with E-state index in [1.807, 2.05) is 31.2 Å². The zero-order valence-corrected chi connectivity index (χ0v) is 16.5. The molecule has 0 unspecified atom stereocenters. The maximum atomic E-state index is 12.4. The van der Waals surface area contributed by atoms with E-state index in [-0.39, 0.29) is 18.1 Å². The van der Waals surface area contributed by atoms with E-state index in [1.165, 1.54) is 10.9 Å². The minimum Gasteiger partial charge on any atom is -0.496 e. The number of hydrogen-bond donors (Lipinski definition) is 2. The van der Waals surface area contributed by atoms with Crippen molar-refractivity contribution in [3.8, 4) is 5.75 Å².